The Balaban J connectivity index is 1.40. The Bertz CT molecular complexity index is 1330. The number of benzene rings is 2. The molecule has 3 heterocycles. The molecular weight excluding hydrogens is 438 g/mol. The standard InChI is InChI=1S/C28H29N5O2/c1-3-33-27(34)18-25(23-12-14-29-15-13-23)31-28(33)32-17-16-30-26(19-32)22-6-4-20(5-7-22)21-8-10-24(35-2)11-9-21/h4-15,18,26,30H,3,16-17,19H2,1-2H3/t26-/m1/s1. The topological polar surface area (TPSA) is 72.3 Å². The number of pyridine rings is 1. The monoisotopic (exact) mass is 467 g/mol. The van der Waals surface area contributed by atoms with Gasteiger partial charge in [-0.05, 0) is 47.9 Å². The molecule has 1 atom stereocenters. The molecule has 0 unspecified atom stereocenters. The van der Waals surface area contributed by atoms with Gasteiger partial charge in [0.2, 0.25) is 5.95 Å². The van der Waals surface area contributed by atoms with E-state index in [0.29, 0.717) is 18.2 Å². The summed E-state index contributed by atoms with van der Waals surface area (Å²) >= 11 is 0. The minimum Gasteiger partial charge on any atom is -0.497 e. The van der Waals surface area contributed by atoms with Crippen LogP contribution in [0.15, 0.2) is 83.9 Å². The summed E-state index contributed by atoms with van der Waals surface area (Å²) < 4.78 is 7.01. The lowest BCUT2D eigenvalue weighted by Crippen LogP contribution is -2.48. The molecule has 5 rings (SSSR count). The Kier molecular flexibility index (Phi) is 6.59. The number of nitrogens with one attached hydrogen (secondary N) is 1. The molecule has 0 radical (unpaired) electrons. The highest BCUT2D eigenvalue weighted by Gasteiger charge is 2.24. The Morgan fingerprint density at radius 3 is 2.31 bits per heavy atom. The lowest BCUT2D eigenvalue weighted by molar-refractivity contribution is 0.415. The molecule has 2 aromatic heterocycles. The third-order valence-corrected chi connectivity index (χ3v) is 6.48. The van der Waals surface area contributed by atoms with Crippen molar-refractivity contribution in [3.8, 4) is 28.1 Å². The SMILES string of the molecule is CCn1c(N2CCN[C@@H](c3ccc(-c4ccc(OC)cc4)cc3)C2)nc(-c2ccncc2)cc1=O. The molecule has 1 saturated heterocycles. The molecule has 2 aromatic carbocycles. The number of aromatic nitrogens is 3. The fourth-order valence-electron chi connectivity index (χ4n) is 4.55. The molecule has 178 valence electrons. The highest BCUT2D eigenvalue weighted by Crippen LogP contribution is 2.27. The van der Waals surface area contributed by atoms with Crippen LogP contribution in [-0.4, -0.2) is 41.3 Å². The second-order valence-electron chi connectivity index (χ2n) is 8.56. The van der Waals surface area contributed by atoms with Crippen LogP contribution in [0.5, 0.6) is 5.75 Å². The van der Waals surface area contributed by atoms with Crippen molar-refractivity contribution in [2.75, 3.05) is 31.6 Å². The maximum absolute atomic E-state index is 12.9. The summed E-state index contributed by atoms with van der Waals surface area (Å²) in [6.45, 7) is 4.88. The molecule has 1 aliphatic heterocycles. The van der Waals surface area contributed by atoms with Crippen molar-refractivity contribution in [3.05, 3.63) is 95.0 Å². The van der Waals surface area contributed by atoms with Gasteiger partial charge in [0, 0.05) is 56.2 Å². The lowest BCUT2D eigenvalue weighted by atomic mass is 9.99. The zero-order chi connectivity index (χ0) is 24.2. The van der Waals surface area contributed by atoms with Crippen LogP contribution in [0.25, 0.3) is 22.4 Å². The predicted octanol–water partition coefficient (Wildman–Crippen LogP) is 4.15. The highest BCUT2D eigenvalue weighted by atomic mass is 16.5. The zero-order valence-electron chi connectivity index (χ0n) is 20.0. The van der Waals surface area contributed by atoms with E-state index in [1.165, 1.54) is 5.56 Å². The molecule has 7 heteroatoms. The van der Waals surface area contributed by atoms with Crippen molar-refractivity contribution >= 4 is 5.95 Å². The molecule has 35 heavy (non-hydrogen) atoms. The molecule has 1 N–H and O–H groups in total. The molecule has 0 bridgehead atoms. The molecule has 4 aromatic rings. The van der Waals surface area contributed by atoms with Crippen LogP contribution < -0.4 is 20.5 Å². The van der Waals surface area contributed by atoms with Gasteiger partial charge in [0.05, 0.1) is 12.8 Å². The molecule has 0 spiro atoms. The number of anilines is 1. The molecule has 0 saturated carbocycles. The van der Waals surface area contributed by atoms with E-state index in [2.05, 4.69) is 51.6 Å². The Morgan fingerprint density at radius 2 is 1.66 bits per heavy atom. The van der Waals surface area contributed by atoms with Gasteiger partial charge in [-0.2, -0.15) is 0 Å². The number of nitrogens with zero attached hydrogens (tertiary/aromatic N) is 4. The van der Waals surface area contributed by atoms with Crippen LogP contribution in [0.2, 0.25) is 0 Å². The Labute approximate surface area is 205 Å². The van der Waals surface area contributed by atoms with Gasteiger partial charge in [-0.3, -0.25) is 14.3 Å². The molecule has 0 amide bonds. The van der Waals surface area contributed by atoms with Gasteiger partial charge < -0.3 is 15.0 Å². The van der Waals surface area contributed by atoms with Gasteiger partial charge in [0.1, 0.15) is 5.75 Å². The van der Waals surface area contributed by atoms with Crippen LogP contribution in [0, 0.1) is 0 Å². The average molecular weight is 468 g/mol. The Hall–Kier alpha value is -3.97. The number of hydrogen-bond acceptors (Lipinski definition) is 6. The molecule has 7 nitrogen and oxygen atoms in total. The number of rotatable bonds is 6. The molecular formula is C28H29N5O2. The van der Waals surface area contributed by atoms with Crippen LogP contribution in [0.4, 0.5) is 5.95 Å². The second kappa shape index (κ2) is 10.1. The largest absolute Gasteiger partial charge is 0.497 e. The number of hydrogen-bond donors (Lipinski definition) is 1. The minimum atomic E-state index is -0.0387. The van der Waals surface area contributed by atoms with E-state index in [0.717, 1.165) is 42.1 Å². The summed E-state index contributed by atoms with van der Waals surface area (Å²) in [5.41, 5.74) is 5.06. The minimum absolute atomic E-state index is 0.0387. The summed E-state index contributed by atoms with van der Waals surface area (Å²) in [4.78, 5) is 24.1. The summed E-state index contributed by atoms with van der Waals surface area (Å²) in [6.07, 6.45) is 3.44. The number of ether oxygens (including phenoxy) is 1. The third-order valence-electron chi connectivity index (χ3n) is 6.48. The van der Waals surface area contributed by atoms with Crippen molar-refractivity contribution < 1.29 is 4.74 Å². The summed E-state index contributed by atoms with van der Waals surface area (Å²) in [5.74, 6) is 1.57. The predicted molar refractivity (Wildman–Crippen MR) is 139 cm³/mol. The first kappa shape index (κ1) is 22.8. The summed E-state index contributed by atoms with van der Waals surface area (Å²) in [5, 5.41) is 3.63. The van der Waals surface area contributed by atoms with E-state index in [4.69, 9.17) is 9.72 Å². The maximum Gasteiger partial charge on any atom is 0.255 e. The fraction of sp³-hybridized carbons (Fsp3) is 0.250. The third kappa shape index (κ3) is 4.81. The zero-order valence-corrected chi connectivity index (χ0v) is 20.0. The van der Waals surface area contributed by atoms with Crippen LogP contribution in [0.3, 0.4) is 0 Å². The van der Waals surface area contributed by atoms with Gasteiger partial charge in [0.15, 0.2) is 0 Å². The fourth-order valence-corrected chi connectivity index (χ4v) is 4.55. The van der Waals surface area contributed by atoms with Crippen molar-refractivity contribution in [1.29, 1.82) is 0 Å². The highest BCUT2D eigenvalue weighted by molar-refractivity contribution is 5.64. The van der Waals surface area contributed by atoms with Crippen molar-refractivity contribution in [3.63, 3.8) is 0 Å². The van der Waals surface area contributed by atoms with Gasteiger partial charge in [-0.15, -0.1) is 0 Å². The number of piperazine rings is 1. The average Bonchev–Trinajstić information content (AvgIpc) is 2.93. The van der Waals surface area contributed by atoms with Gasteiger partial charge in [-0.25, -0.2) is 4.98 Å². The summed E-state index contributed by atoms with van der Waals surface area (Å²) in [7, 11) is 1.68. The normalized spacial score (nSPS) is 15.7. The van der Waals surface area contributed by atoms with Gasteiger partial charge in [0.25, 0.3) is 5.56 Å². The first-order valence-electron chi connectivity index (χ1n) is 11.9. The summed E-state index contributed by atoms with van der Waals surface area (Å²) in [6, 6.07) is 22.3. The van der Waals surface area contributed by atoms with Gasteiger partial charge >= 0.3 is 0 Å². The second-order valence-corrected chi connectivity index (χ2v) is 8.56. The smallest absolute Gasteiger partial charge is 0.255 e. The van der Waals surface area contributed by atoms with E-state index in [-0.39, 0.29) is 11.6 Å². The van der Waals surface area contributed by atoms with E-state index >= 15 is 0 Å². The van der Waals surface area contributed by atoms with Gasteiger partial charge in [-0.1, -0.05) is 36.4 Å². The van der Waals surface area contributed by atoms with E-state index in [1.54, 1.807) is 30.1 Å². The van der Waals surface area contributed by atoms with E-state index in [9.17, 15) is 4.79 Å². The maximum atomic E-state index is 12.9. The van der Waals surface area contributed by atoms with Crippen molar-refractivity contribution in [1.82, 2.24) is 19.9 Å². The van der Waals surface area contributed by atoms with E-state index < -0.39 is 0 Å². The van der Waals surface area contributed by atoms with Crippen LogP contribution >= 0.6 is 0 Å². The van der Waals surface area contributed by atoms with Crippen molar-refractivity contribution in [2.45, 2.75) is 19.5 Å². The van der Waals surface area contributed by atoms with Crippen LogP contribution in [0.1, 0.15) is 18.5 Å². The first-order chi connectivity index (χ1) is 17.2. The Morgan fingerprint density at radius 1 is 0.971 bits per heavy atom. The quantitative estimate of drug-likeness (QED) is 0.459. The van der Waals surface area contributed by atoms with Crippen LogP contribution in [-0.2, 0) is 6.54 Å². The van der Waals surface area contributed by atoms with E-state index in [1.807, 2.05) is 31.2 Å². The first-order valence-corrected chi connectivity index (χ1v) is 11.9. The number of methoxy groups -OCH3 is 1. The lowest BCUT2D eigenvalue weighted by Gasteiger charge is -2.35. The van der Waals surface area contributed by atoms with Crippen molar-refractivity contribution in [2.24, 2.45) is 0 Å². The molecule has 1 aliphatic rings. The molecule has 1 fully saturated rings. The molecule has 0 aliphatic carbocycles.